The van der Waals surface area contributed by atoms with Crippen LogP contribution in [0.25, 0.3) is 0 Å². The first kappa shape index (κ1) is 21.0. The molecular formula is C17H36N5SSe. The normalized spacial score (nSPS) is 30.0. The van der Waals surface area contributed by atoms with Crippen LogP contribution in [0.3, 0.4) is 0 Å². The molecule has 0 amide bonds. The third-order valence-electron chi connectivity index (χ3n) is 5.54. The molecule has 1 N–H and O–H groups in total. The van der Waals surface area contributed by atoms with Gasteiger partial charge in [-0.25, -0.2) is 0 Å². The maximum absolute atomic E-state index is 4.60. The molecule has 24 heavy (non-hydrogen) atoms. The van der Waals surface area contributed by atoms with Crippen molar-refractivity contribution in [3.8, 4) is 0 Å². The Kier molecular flexibility index (Phi) is 9.96. The van der Waals surface area contributed by atoms with E-state index < -0.39 is 0 Å². The molecule has 0 spiro atoms. The molecule has 1 radical (unpaired) electrons. The van der Waals surface area contributed by atoms with Crippen molar-refractivity contribution in [3.63, 3.8) is 0 Å². The number of likely N-dealkylation sites (N-methyl/N-ethyl adjacent to an activating group) is 1. The zero-order valence-corrected chi connectivity index (χ0v) is 18.1. The molecule has 0 aliphatic carbocycles. The number of nitrogens with one attached hydrogen (secondary N) is 1. The summed E-state index contributed by atoms with van der Waals surface area (Å²) in [6.45, 7) is 11.4. The Balaban J connectivity index is 2.13. The Labute approximate surface area is 162 Å². The van der Waals surface area contributed by atoms with Crippen molar-refractivity contribution in [2.45, 2.75) is 38.3 Å². The number of hydrogen-bond acceptors (Lipinski definition) is 6. The Morgan fingerprint density at radius 2 is 1.58 bits per heavy atom. The summed E-state index contributed by atoms with van der Waals surface area (Å²) >= 11 is 7.81. The number of fused-ring (bicyclic) bond motifs is 2. The summed E-state index contributed by atoms with van der Waals surface area (Å²) < 4.78 is 0. The van der Waals surface area contributed by atoms with Gasteiger partial charge in [0.1, 0.15) is 0 Å². The second kappa shape index (κ2) is 11.4. The van der Waals surface area contributed by atoms with E-state index in [4.69, 9.17) is 0 Å². The van der Waals surface area contributed by atoms with E-state index in [2.05, 4.69) is 67.5 Å². The van der Waals surface area contributed by atoms with Gasteiger partial charge in [-0.05, 0) is 0 Å². The zero-order valence-electron chi connectivity index (χ0n) is 15.5. The van der Waals surface area contributed by atoms with Gasteiger partial charge in [-0.15, -0.1) is 0 Å². The number of rotatable bonds is 5. The Hall–Kier alpha value is 0.669. The summed E-state index contributed by atoms with van der Waals surface area (Å²) in [5.41, 5.74) is 1.02. The molecule has 141 valence electrons. The Morgan fingerprint density at radius 3 is 2.12 bits per heavy atom. The number of hydrogen-bond donors (Lipinski definition) is 2. The molecule has 0 aromatic heterocycles. The van der Waals surface area contributed by atoms with E-state index in [0.717, 1.165) is 44.2 Å². The van der Waals surface area contributed by atoms with Gasteiger partial charge in [0.15, 0.2) is 0 Å². The number of thiol groups is 1. The van der Waals surface area contributed by atoms with Crippen molar-refractivity contribution in [1.29, 1.82) is 0 Å². The van der Waals surface area contributed by atoms with Gasteiger partial charge in [0, 0.05) is 0 Å². The van der Waals surface area contributed by atoms with E-state index in [9.17, 15) is 0 Å². The van der Waals surface area contributed by atoms with Crippen LogP contribution in [0.1, 0.15) is 26.2 Å². The first-order valence-electron chi connectivity index (χ1n) is 9.48. The fourth-order valence-corrected chi connectivity index (χ4v) is 5.01. The van der Waals surface area contributed by atoms with Gasteiger partial charge in [0.2, 0.25) is 0 Å². The van der Waals surface area contributed by atoms with Crippen molar-refractivity contribution in [1.82, 2.24) is 24.9 Å². The summed E-state index contributed by atoms with van der Waals surface area (Å²) in [6, 6.07) is 1.39. The standard InChI is InChI=1S/C17H36N5SSe/c1-3-22-16-5-4-6-17(22)12-21(14-23)10-8-19(15-24)7-9-20(11-16)13-18-2/h16-18,23H,3-15H2,1-2H3. The van der Waals surface area contributed by atoms with E-state index in [0.29, 0.717) is 12.1 Å². The molecule has 7 heteroatoms. The Morgan fingerprint density at radius 1 is 1.00 bits per heavy atom. The molecule has 2 aliphatic heterocycles. The van der Waals surface area contributed by atoms with Crippen LogP contribution in [-0.2, 0) is 0 Å². The van der Waals surface area contributed by atoms with Crippen LogP contribution < -0.4 is 5.32 Å². The molecule has 5 nitrogen and oxygen atoms in total. The molecule has 2 heterocycles. The number of nitrogens with zero attached hydrogens (tertiary/aromatic N) is 4. The topological polar surface area (TPSA) is 25.0 Å². The molecule has 2 atom stereocenters. The molecule has 2 fully saturated rings. The van der Waals surface area contributed by atoms with Crippen LogP contribution in [-0.4, -0.2) is 119 Å². The van der Waals surface area contributed by atoms with Crippen LogP contribution in [0.15, 0.2) is 0 Å². The van der Waals surface area contributed by atoms with Gasteiger partial charge < -0.3 is 0 Å². The van der Waals surface area contributed by atoms with E-state index in [1.807, 2.05) is 0 Å². The monoisotopic (exact) mass is 422 g/mol. The number of piperidine rings is 1. The van der Waals surface area contributed by atoms with Crippen molar-refractivity contribution in [2.75, 3.05) is 70.8 Å². The predicted molar refractivity (Wildman–Crippen MR) is 107 cm³/mol. The van der Waals surface area contributed by atoms with Crippen LogP contribution >= 0.6 is 12.6 Å². The Bertz CT molecular complexity index is 349. The van der Waals surface area contributed by atoms with E-state index >= 15 is 0 Å². The van der Waals surface area contributed by atoms with Crippen LogP contribution in [0.4, 0.5) is 0 Å². The summed E-state index contributed by atoms with van der Waals surface area (Å²) in [7, 11) is 2.06. The zero-order chi connectivity index (χ0) is 17.4. The van der Waals surface area contributed by atoms with Gasteiger partial charge in [0.05, 0.1) is 0 Å². The fraction of sp³-hybridized carbons (Fsp3) is 1.00. The molecule has 0 aromatic rings. The van der Waals surface area contributed by atoms with Crippen molar-refractivity contribution < 1.29 is 0 Å². The summed E-state index contributed by atoms with van der Waals surface area (Å²) in [5.74, 6) is 0.867. The fourth-order valence-electron chi connectivity index (χ4n) is 4.21. The summed E-state index contributed by atoms with van der Waals surface area (Å²) in [6.07, 6.45) is 4.05. The quantitative estimate of drug-likeness (QED) is 0.493. The molecule has 2 unspecified atom stereocenters. The van der Waals surface area contributed by atoms with E-state index in [1.165, 1.54) is 38.9 Å². The minimum absolute atomic E-state index is 0.693. The van der Waals surface area contributed by atoms with Crippen molar-refractivity contribution >= 4 is 28.6 Å². The summed E-state index contributed by atoms with van der Waals surface area (Å²) in [5, 5.41) is 3.37. The molecule has 0 aromatic carbocycles. The van der Waals surface area contributed by atoms with Gasteiger partial charge in [0.25, 0.3) is 0 Å². The van der Waals surface area contributed by atoms with Gasteiger partial charge in [-0.2, -0.15) is 0 Å². The average Bonchev–Trinajstić information content (AvgIpc) is 2.60. The van der Waals surface area contributed by atoms with Crippen LogP contribution in [0.5, 0.6) is 0 Å². The van der Waals surface area contributed by atoms with Gasteiger partial charge in [-0.3, -0.25) is 0 Å². The minimum atomic E-state index is 0.693. The SMILES string of the molecule is CCN1C2CCCC1CN(CNC)CCN(C[Se])CCN(CS)C2. The molecule has 2 rings (SSSR count). The third kappa shape index (κ3) is 6.13. The van der Waals surface area contributed by atoms with Crippen LogP contribution in [0.2, 0.25) is 0 Å². The predicted octanol–water partition coefficient (Wildman–Crippen LogP) is 0.339. The molecule has 2 saturated heterocycles. The first-order chi connectivity index (χ1) is 11.7. The first-order valence-corrected chi connectivity index (χ1v) is 11.3. The molecule has 0 saturated carbocycles. The van der Waals surface area contributed by atoms with Gasteiger partial charge >= 0.3 is 163 Å². The summed E-state index contributed by atoms with van der Waals surface area (Å²) in [4.78, 5) is 10.5. The van der Waals surface area contributed by atoms with Crippen molar-refractivity contribution in [2.24, 2.45) is 0 Å². The molecule has 2 aliphatic rings. The average molecular weight is 422 g/mol. The van der Waals surface area contributed by atoms with Gasteiger partial charge in [-0.1, -0.05) is 0 Å². The van der Waals surface area contributed by atoms with Crippen LogP contribution in [0, 0.1) is 0 Å². The molecule has 2 bridgehead atoms. The van der Waals surface area contributed by atoms with Crippen molar-refractivity contribution in [3.05, 3.63) is 0 Å². The second-order valence-electron chi connectivity index (χ2n) is 7.12. The molecular weight excluding hydrogens is 385 g/mol. The van der Waals surface area contributed by atoms with E-state index in [1.54, 1.807) is 0 Å². The third-order valence-corrected chi connectivity index (χ3v) is 6.71. The van der Waals surface area contributed by atoms with E-state index in [-0.39, 0.29) is 0 Å². The maximum atomic E-state index is 4.60. The second-order valence-corrected chi connectivity index (χ2v) is 7.95.